The van der Waals surface area contributed by atoms with Gasteiger partial charge in [-0.25, -0.2) is 19.2 Å². The Morgan fingerprint density at radius 3 is 2.80 bits per heavy atom. The molecule has 4 rings (SSSR count). The van der Waals surface area contributed by atoms with Crippen molar-refractivity contribution in [3.05, 3.63) is 70.6 Å². The number of nitrogens with zero attached hydrogens (tertiary/aromatic N) is 3. The monoisotopic (exact) mass is 425 g/mol. The molecule has 0 bridgehead atoms. The van der Waals surface area contributed by atoms with Gasteiger partial charge in [-0.2, -0.15) is 0 Å². The number of hydrogen-bond acceptors (Lipinski definition) is 5. The van der Waals surface area contributed by atoms with Crippen molar-refractivity contribution in [3.8, 4) is 0 Å². The fraction of sp³-hybridized carbons (Fsp3) is 0.318. The standard InChI is InChI=1S/C22H24FN5OS/c1-15-5-6-16(13-19(15)23)12-18-14-25-22(30-18)27-21(29)26-17-7-10-28(11-8-17)20-4-2-3-9-24-20/h2-6,9,13-14,17H,7-8,10-12H2,1H3,(H2,25,26,27,29). The highest BCUT2D eigenvalue weighted by Crippen LogP contribution is 2.22. The molecule has 2 aromatic heterocycles. The summed E-state index contributed by atoms with van der Waals surface area (Å²) in [5, 5.41) is 6.39. The van der Waals surface area contributed by atoms with Gasteiger partial charge >= 0.3 is 6.03 Å². The maximum Gasteiger partial charge on any atom is 0.321 e. The number of thiazole rings is 1. The molecule has 0 radical (unpaired) electrons. The van der Waals surface area contributed by atoms with E-state index in [2.05, 4.69) is 25.5 Å². The molecule has 0 unspecified atom stereocenters. The first kappa shape index (κ1) is 20.3. The Hall–Kier alpha value is -3.00. The topological polar surface area (TPSA) is 70.2 Å². The van der Waals surface area contributed by atoms with E-state index in [0.29, 0.717) is 17.1 Å². The van der Waals surface area contributed by atoms with Gasteiger partial charge in [0.25, 0.3) is 0 Å². The van der Waals surface area contributed by atoms with Crippen molar-refractivity contribution in [2.24, 2.45) is 0 Å². The number of anilines is 2. The molecule has 30 heavy (non-hydrogen) atoms. The second kappa shape index (κ2) is 9.21. The van der Waals surface area contributed by atoms with Gasteiger partial charge in [-0.1, -0.05) is 18.2 Å². The van der Waals surface area contributed by atoms with Crippen LogP contribution in [0.1, 0.15) is 28.8 Å². The largest absolute Gasteiger partial charge is 0.356 e. The predicted molar refractivity (Wildman–Crippen MR) is 118 cm³/mol. The predicted octanol–water partition coefficient (Wildman–Crippen LogP) is 4.37. The lowest BCUT2D eigenvalue weighted by Crippen LogP contribution is -2.46. The minimum absolute atomic E-state index is 0.125. The molecule has 156 valence electrons. The lowest BCUT2D eigenvalue weighted by atomic mass is 10.1. The summed E-state index contributed by atoms with van der Waals surface area (Å²) in [4.78, 5) is 24.2. The summed E-state index contributed by atoms with van der Waals surface area (Å²) in [5.41, 5.74) is 1.52. The summed E-state index contributed by atoms with van der Waals surface area (Å²) < 4.78 is 13.7. The molecule has 6 nitrogen and oxygen atoms in total. The molecule has 2 N–H and O–H groups in total. The third-order valence-corrected chi connectivity index (χ3v) is 6.10. The van der Waals surface area contributed by atoms with Gasteiger partial charge < -0.3 is 10.2 Å². The smallest absolute Gasteiger partial charge is 0.321 e. The van der Waals surface area contributed by atoms with Crippen LogP contribution in [0.2, 0.25) is 0 Å². The van der Waals surface area contributed by atoms with Crippen molar-refractivity contribution < 1.29 is 9.18 Å². The number of pyridine rings is 1. The van der Waals surface area contributed by atoms with E-state index in [1.807, 2.05) is 24.3 Å². The molecule has 2 amide bonds. The number of carbonyl (C=O) groups is 1. The molecule has 1 fully saturated rings. The number of benzene rings is 1. The molecular formula is C22H24FN5OS. The first-order valence-electron chi connectivity index (χ1n) is 10.00. The number of urea groups is 1. The van der Waals surface area contributed by atoms with Crippen LogP contribution in [-0.4, -0.2) is 35.1 Å². The molecule has 1 saturated heterocycles. The van der Waals surface area contributed by atoms with Gasteiger partial charge in [-0.05, 0) is 49.1 Å². The highest BCUT2D eigenvalue weighted by Gasteiger charge is 2.21. The average molecular weight is 426 g/mol. The Balaban J connectivity index is 1.25. The number of halogens is 1. The van der Waals surface area contributed by atoms with Gasteiger partial charge in [-0.3, -0.25) is 5.32 Å². The van der Waals surface area contributed by atoms with E-state index in [-0.39, 0.29) is 17.9 Å². The minimum atomic E-state index is -0.242. The first-order valence-corrected chi connectivity index (χ1v) is 10.8. The van der Waals surface area contributed by atoms with E-state index >= 15 is 0 Å². The highest BCUT2D eigenvalue weighted by molar-refractivity contribution is 7.15. The molecule has 1 aliphatic rings. The van der Waals surface area contributed by atoms with Gasteiger partial charge in [-0.15, -0.1) is 11.3 Å². The zero-order valence-electron chi connectivity index (χ0n) is 16.8. The summed E-state index contributed by atoms with van der Waals surface area (Å²) in [6.07, 6.45) is 5.84. The van der Waals surface area contributed by atoms with Gasteiger partial charge in [0.05, 0.1) is 0 Å². The second-order valence-electron chi connectivity index (χ2n) is 7.44. The van der Waals surface area contributed by atoms with Crippen LogP contribution in [0.25, 0.3) is 0 Å². The Morgan fingerprint density at radius 2 is 2.07 bits per heavy atom. The van der Waals surface area contributed by atoms with E-state index < -0.39 is 0 Å². The van der Waals surface area contributed by atoms with Crippen LogP contribution in [0.5, 0.6) is 0 Å². The SMILES string of the molecule is Cc1ccc(Cc2cnc(NC(=O)NC3CCN(c4ccccn4)CC3)s2)cc1F. The van der Waals surface area contributed by atoms with E-state index in [9.17, 15) is 9.18 Å². The zero-order valence-corrected chi connectivity index (χ0v) is 17.6. The summed E-state index contributed by atoms with van der Waals surface area (Å²) in [6.45, 7) is 3.46. The number of hydrogen-bond donors (Lipinski definition) is 2. The Morgan fingerprint density at radius 1 is 1.23 bits per heavy atom. The number of nitrogens with one attached hydrogen (secondary N) is 2. The van der Waals surface area contributed by atoms with Crippen LogP contribution in [0.3, 0.4) is 0 Å². The van der Waals surface area contributed by atoms with E-state index in [4.69, 9.17) is 0 Å². The molecule has 0 aliphatic carbocycles. The van der Waals surface area contributed by atoms with Crippen molar-refractivity contribution in [2.75, 3.05) is 23.3 Å². The molecule has 3 heterocycles. The number of amides is 2. The van der Waals surface area contributed by atoms with Crippen LogP contribution in [0.4, 0.5) is 20.1 Å². The molecular weight excluding hydrogens is 401 g/mol. The summed E-state index contributed by atoms with van der Waals surface area (Å²) in [5.74, 6) is 0.771. The Kier molecular flexibility index (Phi) is 6.23. The molecule has 3 aromatic rings. The third-order valence-electron chi connectivity index (χ3n) is 5.19. The van der Waals surface area contributed by atoms with Crippen LogP contribution in [0.15, 0.2) is 48.8 Å². The van der Waals surface area contributed by atoms with Crippen LogP contribution in [0, 0.1) is 12.7 Å². The summed E-state index contributed by atoms with van der Waals surface area (Å²) >= 11 is 1.40. The minimum Gasteiger partial charge on any atom is -0.356 e. The maximum absolute atomic E-state index is 13.7. The van der Waals surface area contributed by atoms with E-state index in [1.165, 1.54) is 11.3 Å². The quantitative estimate of drug-likeness (QED) is 0.637. The van der Waals surface area contributed by atoms with Crippen molar-refractivity contribution in [1.82, 2.24) is 15.3 Å². The zero-order chi connectivity index (χ0) is 20.9. The van der Waals surface area contributed by atoms with Crippen LogP contribution < -0.4 is 15.5 Å². The maximum atomic E-state index is 13.7. The number of rotatable bonds is 5. The average Bonchev–Trinajstić information content (AvgIpc) is 3.18. The van der Waals surface area contributed by atoms with Gasteiger partial charge in [0.2, 0.25) is 0 Å². The van der Waals surface area contributed by atoms with E-state index in [1.54, 1.807) is 31.5 Å². The third kappa shape index (κ3) is 5.13. The van der Waals surface area contributed by atoms with Crippen molar-refractivity contribution in [2.45, 2.75) is 32.2 Å². The van der Waals surface area contributed by atoms with Crippen LogP contribution in [-0.2, 0) is 6.42 Å². The lowest BCUT2D eigenvalue weighted by molar-refractivity contribution is 0.246. The van der Waals surface area contributed by atoms with Crippen LogP contribution >= 0.6 is 11.3 Å². The number of aryl methyl sites for hydroxylation is 1. The summed E-state index contributed by atoms with van der Waals surface area (Å²) in [6, 6.07) is 11.0. The Labute approximate surface area is 179 Å². The molecule has 0 saturated carbocycles. The Bertz CT molecular complexity index is 1000. The van der Waals surface area contributed by atoms with Crippen molar-refractivity contribution in [1.29, 1.82) is 0 Å². The highest BCUT2D eigenvalue weighted by atomic mass is 32.1. The number of piperidine rings is 1. The number of aromatic nitrogens is 2. The normalized spacial score (nSPS) is 14.5. The van der Waals surface area contributed by atoms with Gasteiger partial charge in [0, 0.05) is 42.8 Å². The second-order valence-corrected chi connectivity index (χ2v) is 8.55. The van der Waals surface area contributed by atoms with Gasteiger partial charge in [0.15, 0.2) is 5.13 Å². The first-order chi connectivity index (χ1) is 14.6. The summed E-state index contributed by atoms with van der Waals surface area (Å²) in [7, 11) is 0. The molecule has 1 aliphatic heterocycles. The number of carbonyl (C=O) groups excluding carboxylic acids is 1. The molecule has 0 spiro atoms. The fourth-order valence-corrected chi connectivity index (χ4v) is 4.35. The van der Waals surface area contributed by atoms with E-state index in [0.717, 1.165) is 42.2 Å². The molecule has 8 heteroatoms. The lowest BCUT2D eigenvalue weighted by Gasteiger charge is -2.33. The van der Waals surface area contributed by atoms with Crippen molar-refractivity contribution >= 4 is 28.3 Å². The fourth-order valence-electron chi connectivity index (χ4n) is 3.51. The molecule has 1 aromatic carbocycles. The van der Waals surface area contributed by atoms with Crippen molar-refractivity contribution in [3.63, 3.8) is 0 Å². The van der Waals surface area contributed by atoms with Gasteiger partial charge in [0.1, 0.15) is 11.6 Å². The molecule has 0 atom stereocenters.